The van der Waals surface area contributed by atoms with E-state index in [1.807, 2.05) is 13.8 Å². The van der Waals surface area contributed by atoms with Crippen LogP contribution >= 0.6 is 24.0 Å². The molecule has 5 nitrogen and oxygen atoms in total. The summed E-state index contributed by atoms with van der Waals surface area (Å²) in [6.45, 7) is 7.97. The number of aliphatic imine (C=N–C) groups is 1. The monoisotopic (exact) mass is 408 g/mol. The predicted octanol–water partition coefficient (Wildman–Crippen LogP) is 3.20. The molecule has 0 unspecified atom stereocenters. The third-order valence-electron chi connectivity index (χ3n) is 3.40. The molecule has 0 amide bonds. The lowest BCUT2D eigenvalue weighted by Gasteiger charge is -2.11. The van der Waals surface area contributed by atoms with Crippen LogP contribution in [0.1, 0.15) is 49.6 Å². The zero-order valence-electron chi connectivity index (χ0n) is 13.7. The summed E-state index contributed by atoms with van der Waals surface area (Å²) in [4.78, 5) is 4.22. The van der Waals surface area contributed by atoms with Gasteiger partial charge in [-0.05, 0) is 26.7 Å². The lowest BCUT2D eigenvalue weighted by atomic mass is 10.1. The van der Waals surface area contributed by atoms with E-state index in [1.165, 1.54) is 31.2 Å². The van der Waals surface area contributed by atoms with Gasteiger partial charge in [0.2, 0.25) is 0 Å². The Morgan fingerprint density at radius 1 is 1.14 bits per heavy atom. The standard InChI is InChI=1S/C15H28N4O.HI/c1-5-6-7-8-10-17-15(16-4)18-11-9-14-12(2)19-20-13(14)3;/h5-11H2,1-4H3,(H2,16,17,18);1H. The summed E-state index contributed by atoms with van der Waals surface area (Å²) in [7, 11) is 1.80. The van der Waals surface area contributed by atoms with Gasteiger partial charge in [0, 0.05) is 25.7 Å². The van der Waals surface area contributed by atoms with Gasteiger partial charge in [0.25, 0.3) is 0 Å². The van der Waals surface area contributed by atoms with Crippen molar-refractivity contribution in [3.63, 3.8) is 0 Å². The van der Waals surface area contributed by atoms with Gasteiger partial charge in [0.1, 0.15) is 5.76 Å². The zero-order valence-corrected chi connectivity index (χ0v) is 16.0. The van der Waals surface area contributed by atoms with E-state index in [1.54, 1.807) is 7.05 Å². The van der Waals surface area contributed by atoms with Gasteiger partial charge in [-0.3, -0.25) is 4.99 Å². The van der Waals surface area contributed by atoms with Crippen LogP contribution in [0.4, 0.5) is 0 Å². The summed E-state index contributed by atoms with van der Waals surface area (Å²) < 4.78 is 5.16. The van der Waals surface area contributed by atoms with Crippen molar-refractivity contribution in [1.82, 2.24) is 15.8 Å². The van der Waals surface area contributed by atoms with Crippen LogP contribution in [0.25, 0.3) is 0 Å². The van der Waals surface area contributed by atoms with Gasteiger partial charge in [-0.2, -0.15) is 0 Å². The number of hydrogen-bond donors (Lipinski definition) is 2. The Kier molecular flexibility index (Phi) is 11.4. The van der Waals surface area contributed by atoms with E-state index in [9.17, 15) is 0 Å². The maximum atomic E-state index is 5.16. The van der Waals surface area contributed by atoms with Gasteiger partial charge in [-0.1, -0.05) is 31.3 Å². The minimum Gasteiger partial charge on any atom is -0.361 e. The van der Waals surface area contributed by atoms with Crippen molar-refractivity contribution < 1.29 is 4.52 Å². The molecular formula is C15H29IN4O. The van der Waals surface area contributed by atoms with E-state index in [0.717, 1.165) is 36.9 Å². The van der Waals surface area contributed by atoms with Crippen LogP contribution in [0.5, 0.6) is 0 Å². The molecule has 0 spiro atoms. The minimum atomic E-state index is 0. The molecule has 2 N–H and O–H groups in total. The van der Waals surface area contributed by atoms with Crippen LogP contribution < -0.4 is 10.6 Å². The first-order valence-electron chi connectivity index (χ1n) is 7.55. The maximum Gasteiger partial charge on any atom is 0.190 e. The highest BCUT2D eigenvalue weighted by atomic mass is 127. The Morgan fingerprint density at radius 3 is 2.43 bits per heavy atom. The van der Waals surface area contributed by atoms with Crippen LogP contribution in [0.3, 0.4) is 0 Å². The molecule has 0 atom stereocenters. The molecule has 1 rings (SSSR count). The third-order valence-corrected chi connectivity index (χ3v) is 3.40. The number of hydrogen-bond acceptors (Lipinski definition) is 3. The average molecular weight is 408 g/mol. The highest BCUT2D eigenvalue weighted by Gasteiger charge is 2.08. The second-order valence-electron chi connectivity index (χ2n) is 5.04. The van der Waals surface area contributed by atoms with Crippen LogP contribution in [-0.4, -0.2) is 31.3 Å². The molecule has 0 saturated carbocycles. The molecular weight excluding hydrogens is 379 g/mol. The number of halogens is 1. The normalized spacial score (nSPS) is 11.1. The summed E-state index contributed by atoms with van der Waals surface area (Å²) in [6, 6.07) is 0. The third kappa shape index (κ3) is 7.68. The first-order valence-corrected chi connectivity index (χ1v) is 7.55. The Morgan fingerprint density at radius 2 is 1.86 bits per heavy atom. The van der Waals surface area contributed by atoms with Gasteiger partial charge >= 0.3 is 0 Å². The quantitative estimate of drug-likeness (QED) is 0.300. The molecule has 1 heterocycles. The number of unbranched alkanes of at least 4 members (excludes halogenated alkanes) is 3. The van der Waals surface area contributed by atoms with E-state index in [0.29, 0.717) is 0 Å². The lowest BCUT2D eigenvalue weighted by Crippen LogP contribution is -2.38. The topological polar surface area (TPSA) is 62.5 Å². The Balaban J connectivity index is 0.00000400. The molecule has 0 aliphatic carbocycles. The van der Waals surface area contributed by atoms with Crippen molar-refractivity contribution in [3.8, 4) is 0 Å². The lowest BCUT2D eigenvalue weighted by molar-refractivity contribution is 0.392. The van der Waals surface area contributed by atoms with Crippen LogP contribution in [0.15, 0.2) is 9.52 Å². The minimum absolute atomic E-state index is 0. The number of aromatic nitrogens is 1. The van der Waals surface area contributed by atoms with Gasteiger partial charge in [0.15, 0.2) is 5.96 Å². The summed E-state index contributed by atoms with van der Waals surface area (Å²) >= 11 is 0. The second-order valence-corrected chi connectivity index (χ2v) is 5.04. The molecule has 1 aromatic rings. The molecule has 21 heavy (non-hydrogen) atoms. The highest BCUT2D eigenvalue weighted by molar-refractivity contribution is 14.0. The molecule has 0 aliphatic rings. The molecule has 0 aliphatic heterocycles. The van der Waals surface area contributed by atoms with Crippen LogP contribution in [-0.2, 0) is 6.42 Å². The number of nitrogens with zero attached hydrogens (tertiary/aromatic N) is 2. The number of guanidine groups is 1. The van der Waals surface area contributed by atoms with Gasteiger partial charge in [-0.15, -0.1) is 24.0 Å². The summed E-state index contributed by atoms with van der Waals surface area (Å²) in [6.07, 6.45) is 5.94. The molecule has 0 bridgehead atoms. The highest BCUT2D eigenvalue weighted by Crippen LogP contribution is 2.11. The molecule has 0 radical (unpaired) electrons. The van der Waals surface area contributed by atoms with E-state index in [4.69, 9.17) is 4.52 Å². The summed E-state index contributed by atoms with van der Waals surface area (Å²) in [5.41, 5.74) is 2.17. The first-order chi connectivity index (χ1) is 9.69. The van der Waals surface area contributed by atoms with Gasteiger partial charge < -0.3 is 15.2 Å². The number of rotatable bonds is 8. The van der Waals surface area contributed by atoms with Gasteiger partial charge in [-0.25, -0.2) is 0 Å². The largest absolute Gasteiger partial charge is 0.361 e. The van der Waals surface area contributed by atoms with Crippen LogP contribution in [0.2, 0.25) is 0 Å². The molecule has 0 aromatic carbocycles. The van der Waals surface area contributed by atoms with Crippen molar-refractivity contribution in [2.24, 2.45) is 4.99 Å². The molecule has 6 heteroatoms. The Labute approximate surface area is 145 Å². The molecule has 0 saturated heterocycles. The fourth-order valence-corrected chi connectivity index (χ4v) is 2.14. The van der Waals surface area contributed by atoms with E-state index in [-0.39, 0.29) is 24.0 Å². The summed E-state index contributed by atoms with van der Waals surface area (Å²) in [5, 5.41) is 10.6. The van der Waals surface area contributed by atoms with Crippen molar-refractivity contribution >= 4 is 29.9 Å². The predicted molar refractivity (Wildman–Crippen MR) is 98.6 cm³/mol. The van der Waals surface area contributed by atoms with Crippen LogP contribution in [0, 0.1) is 13.8 Å². The SMILES string of the molecule is CCCCCCNC(=NC)NCCc1c(C)noc1C.I. The van der Waals surface area contributed by atoms with E-state index in [2.05, 4.69) is 27.7 Å². The smallest absolute Gasteiger partial charge is 0.190 e. The zero-order chi connectivity index (χ0) is 14.8. The fraction of sp³-hybridized carbons (Fsp3) is 0.733. The molecule has 0 fully saturated rings. The Bertz CT molecular complexity index is 398. The van der Waals surface area contributed by atoms with Crippen molar-refractivity contribution in [3.05, 3.63) is 17.0 Å². The fourth-order valence-electron chi connectivity index (χ4n) is 2.14. The average Bonchev–Trinajstić information content (AvgIpc) is 2.76. The maximum absolute atomic E-state index is 5.16. The molecule has 1 aromatic heterocycles. The van der Waals surface area contributed by atoms with E-state index < -0.39 is 0 Å². The molecule has 122 valence electrons. The van der Waals surface area contributed by atoms with Crippen molar-refractivity contribution in [2.75, 3.05) is 20.1 Å². The Hall–Kier alpha value is -0.790. The second kappa shape index (κ2) is 11.8. The number of aryl methyl sites for hydroxylation is 2. The van der Waals surface area contributed by atoms with Crippen molar-refractivity contribution in [1.29, 1.82) is 0 Å². The van der Waals surface area contributed by atoms with Crippen molar-refractivity contribution in [2.45, 2.75) is 52.9 Å². The van der Waals surface area contributed by atoms with Gasteiger partial charge in [0.05, 0.1) is 5.69 Å². The van der Waals surface area contributed by atoms with E-state index >= 15 is 0 Å². The first kappa shape index (κ1) is 20.2. The number of nitrogens with one attached hydrogen (secondary N) is 2. The summed E-state index contributed by atoms with van der Waals surface area (Å²) in [5.74, 6) is 1.78.